The predicted octanol–water partition coefficient (Wildman–Crippen LogP) is 4.30. The van der Waals surface area contributed by atoms with Crippen LogP contribution in [0.3, 0.4) is 0 Å². The van der Waals surface area contributed by atoms with Crippen LogP contribution in [0.25, 0.3) is 17.5 Å². The van der Waals surface area contributed by atoms with Crippen LogP contribution < -0.4 is 22.3 Å². The number of anilines is 1. The third kappa shape index (κ3) is 4.10. The molecular formula is C24H15Cl4N3O5. The second-order valence-electron chi connectivity index (χ2n) is 7.70. The Morgan fingerprint density at radius 2 is 1.81 bits per heavy atom. The number of halogens is 4. The lowest BCUT2D eigenvalue weighted by atomic mass is 9.87. The maximum Gasteiger partial charge on any atom is 0.362 e. The highest BCUT2D eigenvalue weighted by atomic mass is 35.5. The number of benzene rings is 2. The van der Waals surface area contributed by atoms with Crippen molar-refractivity contribution in [3.8, 4) is 5.88 Å². The van der Waals surface area contributed by atoms with E-state index in [-0.39, 0.29) is 45.7 Å². The highest BCUT2D eigenvalue weighted by Crippen LogP contribution is 2.41. The van der Waals surface area contributed by atoms with Crippen molar-refractivity contribution < 1.29 is 18.4 Å². The molecule has 0 fully saturated rings. The van der Waals surface area contributed by atoms with E-state index in [1.54, 1.807) is 31.2 Å². The Kier molecular flexibility index (Phi) is 6.38. The molecule has 0 spiro atoms. The molecule has 8 nitrogen and oxygen atoms in total. The van der Waals surface area contributed by atoms with Crippen molar-refractivity contribution in [3.63, 3.8) is 0 Å². The van der Waals surface area contributed by atoms with Crippen molar-refractivity contribution in [2.75, 3.05) is 12.3 Å². The normalized spacial score (nSPS) is 15.1. The van der Waals surface area contributed by atoms with Crippen molar-refractivity contribution in [1.82, 2.24) is 9.55 Å². The van der Waals surface area contributed by atoms with Gasteiger partial charge < -0.3 is 19.3 Å². The van der Waals surface area contributed by atoms with Gasteiger partial charge in [0.25, 0.3) is 6.01 Å². The third-order valence-electron chi connectivity index (χ3n) is 5.51. The van der Waals surface area contributed by atoms with Gasteiger partial charge in [-0.3, -0.25) is 0 Å². The van der Waals surface area contributed by atoms with Crippen molar-refractivity contribution in [3.05, 3.63) is 94.6 Å². The lowest BCUT2D eigenvalue weighted by Crippen LogP contribution is -2.37. The molecule has 0 radical (unpaired) electrons. The molecule has 12 heteroatoms. The first-order valence-corrected chi connectivity index (χ1v) is 12.0. The SMILES string of the molecule is CCOC(=O)C1=c2oc(=O)/c(=C\c3ccc(Cl)cc3Cl)n2-c2oc(N)nc2[C@H]1c1ccc(Cl)cc1Cl. The Hall–Kier alpha value is -3.17. The average Bonchev–Trinajstić information content (AvgIpc) is 3.34. The fourth-order valence-corrected chi connectivity index (χ4v) is 5.03. The van der Waals surface area contributed by atoms with Gasteiger partial charge in [0, 0.05) is 20.1 Å². The predicted molar refractivity (Wildman–Crippen MR) is 136 cm³/mol. The summed E-state index contributed by atoms with van der Waals surface area (Å²) in [4.78, 5) is 30.7. The van der Waals surface area contributed by atoms with Gasteiger partial charge >= 0.3 is 11.6 Å². The quantitative estimate of drug-likeness (QED) is 0.366. The van der Waals surface area contributed by atoms with E-state index in [0.29, 0.717) is 26.2 Å². The van der Waals surface area contributed by atoms with Crippen LogP contribution in [0.15, 0.2) is 50.0 Å². The van der Waals surface area contributed by atoms with Gasteiger partial charge in [-0.15, -0.1) is 0 Å². The third-order valence-corrected chi connectivity index (χ3v) is 6.64. The summed E-state index contributed by atoms with van der Waals surface area (Å²) < 4.78 is 17.9. The molecule has 0 saturated heterocycles. The zero-order valence-electron chi connectivity index (χ0n) is 18.4. The fourth-order valence-electron chi connectivity index (χ4n) is 4.05. The summed E-state index contributed by atoms with van der Waals surface area (Å²) in [6.07, 6.45) is 1.48. The zero-order chi connectivity index (χ0) is 25.7. The van der Waals surface area contributed by atoms with E-state index in [4.69, 9.17) is 65.7 Å². The molecule has 1 aliphatic heterocycles. The largest absolute Gasteiger partial charge is 0.462 e. The van der Waals surface area contributed by atoms with Gasteiger partial charge in [0.15, 0.2) is 0 Å². The van der Waals surface area contributed by atoms with Gasteiger partial charge in [0.05, 0.1) is 12.5 Å². The number of esters is 1. The number of hydrogen-bond acceptors (Lipinski definition) is 7. The van der Waals surface area contributed by atoms with E-state index in [1.807, 2.05) is 0 Å². The van der Waals surface area contributed by atoms with Gasteiger partial charge in [-0.25, -0.2) is 14.2 Å². The summed E-state index contributed by atoms with van der Waals surface area (Å²) in [7, 11) is 0. The molecule has 3 heterocycles. The van der Waals surface area contributed by atoms with Crippen LogP contribution in [0.1, 0.15) is 29.7 Å². The summed E-state index contributed by atoms with van der Waals surface area (Å²) in [6.45, 7) is 1.73. The number of carbonyl (C=O) groups excluding carboxylic acids is 1. The monoisotopic (exact) mass is 565 g/mol. The number of carbonyl (C=O) groups is 1. The highest BCUT2D eigenvalue weighted by Gasteiger charge is 2.40. The number of aromatic nitrogens is 2. The van der Waals surface area contributed by atoms with E-state index in [9.17, 15) is 9.59 Å². The van der Waals surface area contributed by atoms with Gasteiger partial charge in [0.2, 0.25) is 11.4 Å². The van der Waals surface area contributed by atoms with Crippen LogP contribution in [0.2, 0.25) is 20.1 Å². The van der Waals surface area contributed by atoms with Crippen LogP contribution in [0.5, 0.6) is 0 Å². The molecule has 0 amide bonds. The molecule has 2 N–H and O–H groups in total. The van der Waals surface area contributed by atoms with E-state index >= 15 is 0 Å². The van der Waals surface area contributed by atoms with Crippen LogP contribution in [-0.2, 0) is 9.53 Å². The minimum absolute atomic E-state index is 0.00840. The van der Waals surface area contributed by atoms with Crippen molar-refractivity contribution >= 4 is 70.0 Å². The number of nitrogens with zero attached hydrogens (tertiary/aromatic N) is 2. The number of rotatable bonds is 4. The molecule has 2 aromatic heterocycles. The topological polar surface area (TPSA) is 113 Å². The minimum atomic E-state index is -0.928. The second-order valence-corrected chi connectivity index (χ2v) is 9.39. The lowest BCUT2D eigenvalue weighted by molar-refractivity contribution is -0.136. The Morgan fingerprint density at radius 1 is 1.11 bits per heavy atom. The first kappa shape index (κ1) is 24.5. The molecule has 0 aliphatic carbocycles. The molecule has 4 aromatic rings. The molecule has 184 valence electrons. The van der Waals surface area contributed by atoms with Gasteiger partial charge in [-0.2, -0.15) is 4.98 Å². The average molecular weight is 567 g/mol. The van der Waals surface area contributed by atoms with E-state index in [2.05, 4.69) is 4.98 Å². The summed E-state index contributed by atoms with van der Waals surface area (Å²) in [5.41, 5.74) is 6.20. The number of oxazole rings is 2. The molecule has 0 bridgehead atoms. The number of ether oxygens (including phenoxy) is 1. The van der Waals surface area contributed by atoms with E-state index in [0.717, 1.165) is 0 Å². The second kappa shape index (κ2) is 9.37. The molecule has 1 aliphatic rings. The van der Waals surface area contributed by atoms with Crippen molar-refractivity contribution in [2.45, 2.75) is 12.8 Å². The number of fused-ring (bicyclic) bond motifs is 3. The van der Waals surface area contributed by atoms with Crippen LogP contribution in [-0.4, -0.2) is 22.1 Å². The van der Waals surface area contributed by atoms with Crippen molar-refractivity contribution in [2.24, 2.45) is 0 Å². The summed E-state index contributed by atoms with van der Waals surface area (Å²) in [5.74, 6) is -1.59. The molecule has 2 aromatic carbocycles. The molecule has 0 unspecified atom stereocenters. The Labute approximate surface area is 223 Å². The van der Waals surface area contributed by atoms with E-state index < -0.39 is 17.5 Å². The Balaban J connectivity index is 1.92. The first-order valence-electron chi connectivity index (χ1n) is 10.5. The maximum absolute atomic E-state index is 13.3. The molecular weight excluding hydrogens is 552 g/mol. The Bertz CT molecular complexity index is 1720. The number of hydrogen-bond donors (Lipinski definition) is 1. The van der Waals surface area contributed by atoms with Gasteiger partial charge in [0.1, 0.15) is 16.6 Å². The standard InChI is InChI=1S/C24H15Cl4N3O5/c1-2-34-23(33)18-17(13-6-5-12(26)9-15(13)28)19-21(36-24(29)30-19)31-16(22(32)35-20(18)31)7-10-3-4-11(25)8-14(10)27/h3-9,17H,2H2,1H3,(H2,29,30)/b16-7+/t17-/m0/s1. The lowest BCUT2D eigenvalue weighted by Gasteiger charge is -2.22. The molecule has 1 atom stereocenters. The smallest absolute Gasteiger partial charge is 0.362 e. The van der Waals surface area contributed by atoms with Crippen molar-refractivity contribution in [1.29, 1.82) is 0 Å². The number of nitrogens with two attached hydrogens (primary N) is 1. The van der Waals surface area contributed by atoms with Crippen LogP contribution in [0.4, 0.5) is 6.01 Å². The van der Waals surface area contributed by atoms with Gasteiger partial charge in [-0.05, 0) is 48.4 Å². The summed E-state index contributed by atoms with van der Waals surface area (Å²) >= 11 is 24.9. The molecule has 36 heavy (non-hydrogen) atoms. The maximum atomic E-state index is 13.3. The first-order chi connectivity index (χ1) is 17.2. The summed E-state index contributed by atoms with van der Waals surface area (Å²) in [5, 5.41) is 1.38. The highest BCUT2D eigenvalue weighted by molar-refractivity contribution is 6.36. The van der Waals surface area contributed by atoms with E-state index in [1.165, 1.54) is 22.8 Å². The van der Waals surface area contributed by atoms with Crippen LogP contribution in [0, 0.1) is 0 Å². The molecule has 5 rings (SSSR count). The van der Waals surface area contributed by atoms with Gasteiger partial charge in [-0.1, -0.05) is 58.5 Å². The Morgan fingerprint density at radius 3 is 2.47 bits per heavy atom. The zero-order valence-corrected chi connectivity index (χ0v) is 21.4. The summed E-state index contributed by atoms with van der Waals surface area (Å²) in [6, 6.07) is 9.37. The van der Waals surface area contributed by atoms with Crippen LogP contribution >= 0.6 is 46.4 Å². The number of nitrogen functional groups attached to an aromatic ring is 1. The minimum Gasteiger partial charge on any atom is -0.462 e. The molecule has 0 saturated carbocycles. The fraction of sp³-hybridized carbons (Fsp3) is 0.125.